The number of methoxy groups -OCH3 is 2. The van der Waals surface area contributed by atoms with Gasteiger partial charge >= 0.3 is 0 Å². The van der Waals surface area contributed by atoms with Gasteiger partial charge in [-0.1, -0.05) is 13.8 Å². The second kappa shape index (κ2) is 4.04. The van der Waals surface area contributed by atoms with Crippen LogP contribution in [0, 0.1) is 0 Å². The van der Waals surface area contributed by atoms with Gasteiger partial charge in [0, 0.05) is 18.1 Å². The monoisotopic (exact) mass is 220 g/mol. The van der Waals surface area contributed by atoms with E-state index in [4.69, 9.17) is 9.47 Å². The van der Waals surface area contributed by atoms with Crippen LogP contribution < -0.4 is 9.47 Å². The van der Waals surface area contributed by atoms with E-state index in [0.29, 0.717) is 17.4 Å². The van der Waals surface area contributed by atoms with Crippen LogP contribution in [0.4, 0.5) is 0 Å². The van der Waals surface area contributed by atoms with E-state index in [1.54, 1.807) is 14.2 Å². The number of aromatic amines is 1. The molecule has 0 aliphatic rings. The standard InChI is InChI=1S/C12H16N2O2/c1-7(2)12-13-8-5-10(15-3)11(16-4)6-9(8)14-12/h5-7H,1-4H3,(H,13,14). The van der Waals surface area contributed by atoms with Crippen molar-refractivity contribution in [1.82, 2.24) is 9.97 Å². The highest BCUT2D eigenvalue weighted by Gasteiger charge is 2.11. The molecule has 0 bridgehead atoms. The Labute approximate surface area is 94.6 Å². The predicted octanol–water partition coefficient (Wildman–Crippen LogP) is 2.70. The maximum atomic E-state index is 5.24. The Hall–Kier alpha value is -1.71. The summed E-state index contributed by atoms with van der Waals surface area (Å²) in [6, 6.07) is 3.80. The highest BCUT2D eigenvalue weighted by molar-refractivity contribution is 5.79. The lowest BCUT2D eigenvalue weighted by molar-refractivity contribution is 0.356. The van der Waals surface area contributed by atoms with E-state index in [1.165, 1.54) is 0 Å². The van der Waals surface area contributed by atoms with Crippen molar-refractivity contribution >= 4 is 11.0 Å². The molecule has 0 radical (unpaired) electrons. The molecular weight excluding hydrogens is 204 g/mol. The van der Waals surface area contributed by atoms with Gasteiger partial charge in [-0.25, -0.2) is 4.98 Å². The summed E-state index contributed by atoms with van der Waals surface area (Å²) in [5.41, 5.74) is 1.88. The van der Waals surface area contributed by atoms with Crippen molar-refractivity contribution in [3.05, 3.63) is 18.0 Å². The molecule has 4 heteroatoms. The molecule has 0 saturated heterocycles. The molecule has 0 saturated carbocycles. The SMILES string of the molecule is COc1cc2nc(C(C)C)[nH]c2cc1OC. The highest BCUT2D eigenvalue weighted by Crippen LogP contribution is 2.31. The third kappa shape index (κ3) is 1.71. The van der Waals surface area contributed by atoms with Crippen molar-refractivity contribution < 1.29 is 9.47 Å². The normalized spacial score (nSPS) is 11.1. The van der Waals surface area contributed by atoms with Crippen molar-refractivity contribution in [2.24, 2.45) is 0 Å². The summed E-state index contributed by atoms with van der Waals surface area (Å²) in [5.74, 6) is 2.78. The fraction of sp³-hybridized carbons (Fsp3) is 0.417. The third-order valence-electron chi connectivity index (χ3n) is 2.55. The zero-order chi connectivity index (χ0) is 11.7. The summed E-state index contributed by atoms with van der Waals surface area (Å²) in [7, 11) is 3.25. The number of nitrogens with zero attached hydrogens (tertiary/aromatic N) is 1. The fourth-order valence-electron chi connectivity index (χ4n) is 1.63. The second-order valence-corrected chi connectivity index (χ2v) is 4.00. The first-order valence-corrected chi connectivity index (χ1v) is 5.27. The van der Waals surface area contributed by atoms with Gasteiger partial charge < -0.3 is 14.5 Å². The Bertz CT molecular complexity index is 462. The van der Waals surface area contributed by atoms with Crippen LogP contribution in [0.5, 0.6) is 11.5 Å². The molecule has 0 atom stereocenters. The van der Waals surface area contributed by atoms with Gasteiger partial charge in [-0.2, -0.15) is 0 Å². The van der Waals surface area contributed by atoms with E-state index in [9.17, 15) is 0 Å². The Morgan fingerprint density at radius 2 is 1.75 bits per heavy atom. The average Bonchev–Trinajstić information content (AvgIpc) is 2.69. The molecule has 0 spiro atoms. The van der Waals surface area contributed by atoms with Crippen LogP contribution in [0.3, 0.4) is 0 Å². The molecule has 1 heterocycles. The van der Waals surface area contributed by atoms with E-state index in [0.717, 1.165) is 16.9 Å². The third-order valence-corrected chi connectivity index (χ3v) is 2.55. The number of hydrogen-bond donors (Lipinski definition) is 1. The van der Waals surface area contributed by atoms with Crippen molar-refractivity contribution in [2.75, 3.05) is 14.2 Å². The van der Waals surface area contributed by atoms with Crippen molar-refractivity contribution in [3.63, 3.8) is 0 Å². The van der Waals surface area contributed by atoms with Gasteiger partial charge in [-0.05, 0) is 0 Å². The summed E-state index contributed by atoms with van der Waals surface area (Å²) >= 11 is 0. The zero-order valence-electron chi connectivity index (χ0n) is 10.00. The maximum absolute atomic E-state index is 5.24. The first-order valence-electron chi connectivity index (χ1n) is 5.27. The number of nitrogens with one attached hydrogen (secondary N) is 1. The Kier molecular flexibility index (Phi) is 2.73. The Morgan fingerprint density at radius 1 is 1.12 bits per heavy atom. The largest absolute Gasteiger partial charge is 0.493 e. The lowest BCUT2D eigenvalue weighted by Gasteiger charge is -2.06. The van der Waals surface area contributed by atoms with E-state index in [2.05, 4.69) is 23.8 Å². The lowest BCUT2D eigenvalue weighted by atomic mass is 10.2. The van der Waals surface area contributed by atoms with Gasteiger partial charge in [-0.3, -0.25) is 0 Å². The number of imidazole rings is 1. The Balaban J connectivity index is 2.60. The molecule has 0 amide bonds. The van der Waals surface area contributed by atoms with Crippen molar-refractivity contribution in [3.8, 4) is 11.5 Å². The smallest absolute Gasteiger partial charge is 0.163 e. The van der Waals surface area contributed by atoms with Gasteiger partial charge in [-0.15, -0.1) is 0 Å². The molecule has 0 fully saturated rings. The first-order chi connectivity index (χ1) is 7.65. The molecule has 1 N–H and O–H groups in total. The molecule has 1 aromatic carbocycles. The summed E-state index contributed by atoms with van der Waals surface area (Å²) in [6.07, 6.45) is 0. The van der Waals surface area contributed by atoms with Crippen LogP contribution in [0.2, 0.25) is 0 Å². The molecule has 1 aromatic heterocycles. The number of hydrogen-bond acceptors (Lipinski definition) is 3. The summed E-state index contributed by atoms with van der Waals surface area (Å²) < 4.78 is 10.5. The first kappa shape index (κ1) is 10.8. The van der Waals surface area contributed by atoms with Gasteiger partial charge in [0.2, 0.25) is 0 Å². The zero-order valence-corrected chi connectivity index (χ0v) is 10.00. The minimum atomic E-state index is 0.379. The number of aromatic nitrogens is 2. The number of fused-ring (bicyclic) bond motifs is 1. The van der Waals surface area contributed by atoms with Crippen LogP contribution in [-0.4, -0.2) is 24.2 Å². The molecule has 16 heavy (non-hydrogen) atoms. The summed E-state index contributed by atoms with van der Waals surface area (Å²) in [6.45, 7) is 4.21. The molecule has 2 rings (SSSR count). The highest BCUT2D eigenvalue weighted by atomic mass is 16.5. The van der Waals surface area contributed by atoms with Crippen molar-refractivity contribution in [2.45, 2.75) is 19.8 Å². The van der Waals surface area contributed by atoms with E-state index in [-0.39, 0.29) is 0 Å². The molecule has 4 nitrogen and oxygen atoms in total. The molecule has 0 aliphatic heterocycles. The predicted molar refractivity (Wildman–Crippen MR) is 63.3 cm³/mol. The van der Waals surface area contributed by atoms with Gasteiger partial charge in [0.15, 0.2) is 11.5 Å². The van der Waals surface area contributed by atoms with Crippen LogP contribution in [0.1, 0.15) is 25.6 Å². The van der Waals surface area contributed by atoms with E-state index in [1.807, 2.05) is 12.1 Å². The topological polar surface area (TPSA) is 47.1 Å². The van der Waals surface area contributed by atoms with Gasteiger partial charge in [0.25, 0.3) is 0 Å². The van der Waals surface area contributed by atoms with Crippen molar-refractivity contribution in [1.29, 1.82) is 0 Å². The molecule has 0 unspecified atom stereocenters. The van der Waals surface area contributed by atoms with Gasteiger partial charge in [0.05, 0.1) is 25.3 Å². The Morgan fingerprint density at radius 3 is 2.31 bits per heavy atom. The van der Waals surface area contributed by atoms with Crippen LogP contribution >= 0.6 is 0 Å². The minimum Gasteiger partial charge on any atom is -0.493 e. The number of ether oxygens (including phenoxy) is 2. The molecular formula is C12H16N2O2. The number of rotatable bonds is 3. The van der Waals surface area contributed by atoms with E-state index >= 15 is 0 Å². The van der Waals surface area contributed by atoms with Crippen LogP contribution in [0.25, 0.3) is 11.0 Å². The molecule has 0 aliphatic carbocycles. The average molecular weight is 220 g/mol. The maximum Gasteiger partial charge on any atom is 0.163 e. The molecule has 2 aromatic rings. The summed E-state index contributed by atoms with van der Waals surface area (Å²) in [5, 5.41) is 0. The van der Waals surface area contributed by atoms with Crippen LogP contribution in [-0.2, 0) is 0 Å². The quantitative estimate of drug-likeness (QED) is 0.865. The van der Waals surface area contributed by atoms with E-state index < -0.39 is 0 Å². The van der Waals surface area contributed by atoms with Crippen LogP contribution in [0.15, 0.2) is 12.1 Å². The number of H-pyrrole nitrogens is 1. The lowest BCUT2D eigenvalue weighted by Crippen LogP contribution is -1.89. The second-order valence-electron chi connectivity index (χ2n) is 4.00. The molecule has 86 valence electrons. The van der Waals surface area contributed by atoms with Gasteiger partial charge in [0.1, 0.15) is 5.82 Å². The minimum absolute atomic E-state index is 0.379. The summed E-state index contributed by atoms with van der Waals surface area (Å²) in [4.78, 5) is 7.78. The fourth-order valence-corrected chi connectivity index (χ4v) is 1.63. The number of benzene rings is 1.